The second-order valence-corrected chi connectivity index (χ2v) is 5.30. The molecule has 0 atom stereocenters. The van der Waals surface area contributed by atoms with Crippen LogP contribution in [0, 0.1) is 6.92 Å². The normalized spacial score (nSPS) is 11.8. The van der Waals surface area contributed by atoms with E-state index in [0.717, 1.165) is 18.4 Å². The van der Waals surface area contributed by atoms with E-state index < -0.39 is 0 Å². The maximum absolute atomic E-state index is 9.91. The number of rotatable bonds is 2. The lowest BCUT2D eigenvalue weighted by Crippen LogP contribution is -2.13. The Balaban J connectivity index is 3.20. The van der Waals surface area contributed by atoms with Crippen LogP contribution in [0.4, 0.5) is 0 Å². The predicted molar refractivity (Wildman–Crippen MR) is 65.5 cm³/mol. The van der Waals surface area contributed by atoms with Crippen LogP contribution in [0.1, 0.15) is 50.8 Å². The minimum atomic E-state index is 0.103. The highest BCUT2D eigenvalue weighted by atomic mass is 16.3. The molecular formula is C14H22O. The minimum absolute atomic E-state index is 0.103. The SMILES string of the molecule is CCCc1cc(C)c(C(C)(C)C)cc1O. The molecule has 1 rings (SSSR count). The minimum Gasteiger partial charge on any atom is -0.508 e. The summed E-state index contributed by atoms with van der Waals surface area (Å²) in [7, 11) is 0. The molecule has 1 aromatic carbocycles. The summed E-state index contributed by atoms with van der Waals surface area (Å²) in [6, 6.07) is 4.06. The van der Waals surface area contributed by atoms with Gasteiger partial charge in [0, 0.05) is 0 Å². The summed E-state index contributed by atoms with van der Waals surface area (Å²) in [5, 5.41) is 9.91. The van der Waals surface area contributed by atoms with Gasteiger partial charge in [0.25, 0.3) is 0 Å². The molecule has 1 nitrogen and oxygen atoms in total. The second kappa shape index (κ2) is 4.26. The van der Waals surface area contributed by atoms with Gasteiger partial charge in [-0.05, 0) is 41.5 Å². The van der Waals surface area contributed by atoms with Gasteiger partial charge in [-0.25, -0.2) is 0 Å². The molecule has 0 unspecified atom stereocenters. The molecule has 0 spiro atoms. The monoisotopic (exact) mass is 206 g/mol. The average Bonchev–Trinajstić information content (AvgIpc) is 2.09. The van der Waals surface area contributed by atoms with Crippen LogP contribution in [-0.4, -0.2) is 5.11 Å². The number of hydrogen-bond donors (Lipinski definition) is 1. The molecule has 0 aliphatic rings. The van der Waals surface area contributed by atoms with Crippen molar-refractivity contribution in [3.8, 4) is 5.75 Å². The summed E-state index contributed by atoms with van der Waals surface area (Å²) >= 11 is 0. The second-order valence-electron chi connectivity index (χ2n) is 5.30. The topological polar surface area (TPSA) is 20.2 Å². The summed E-state index contributed by atoms with van der Waals surface area (Å²) < 4.78 is 0. The first kappa shape index (κ1) is 12.1. The van der Waals surface area contributed by atoms with Crippen LogP contribution in [0.3, 0.4) is 0 Å². The van der Waals surface area contributed by atoms with Crippen LogP contribution in [0.25, 0.3) is 0 Å². The Morgan fingerprint density at radius 2 is 1.80 bits per heavy atom. The molecule has 0 aliphatic heterocycles. The number of aryl methyl sites for hydroxylation is 2. The van der Waals surface area contributed by atoms with E-state index in [2.05, 4.69) is 40.7 Å². The quantitative estimate of drug-likeness (QED) is 0.776. The highest BCUT2D eigenvalue weighted by Crippen LogP contribution is 2.31. The number of phenolic OH excluding ortho intramolecular Hbond substituents is 1. The molecule has 0 aromatic heterocycles. The molecule has 84 valence electrons. The van der Waals surface area contributed by atoms with E-state index in [1.165, 1.54) is 11.1 Å². The van der Waals surface area contributed by atoms with Crippen molar-refractivity contribution < 1.29 is 5.11 Å². The van der Waals surface area contributed by atoms with E-state index in [4.69, 9.17) is 0 Å². The van der Waals surface area contributed by atoms with E-state index in [1.54, 1.807) is 0 Å². The molecular weight excluding hydrogens is 184 g/mol. The van der Waals surface area contributed by atoms with Gasteiger partial charge in [0.1, 0.15) is 5.75 Å². The highest BCUT2D eigenvalue weighted by molar-refractivity contribution is 5.44. The summed E-state index contributed by atoms with van der Waals surface area (Å²) in [6.07, 6.45) is 2.03. The van der Waals surface area contributed by atoms with Crippen molar-refractivity contribution in [3.63, 3.8) is 0 Å². The Hall–Kier alpha value is -0.980. The highest BCUT2D eigenvalue weighted by Gasteiger charge is 2.18. The van der Waals surface area contributed by atoms with Gasteiger partial charge in [-0.2, -0.15) is 0 Å². The van der Waals surface area contributed by atoms with E-state index >= 15 is 0 Å². The summed E-state index contributed by atoms with van der Waals surface area (Å²) in [6.45, 7) is 10.8. The fraction of sp³-hybridized carbons (Fsp3) is 0.571. The molecule has 1 aromatic rings. The van der Waals surface area contributed by atoms with E-state index in [0.29, 0.717) is 5.75 Å². The fourth-order valence-electron chi connectivity index (χ4n) is 2.03. The maximum Gasteiger partial charge on any atom is 0.119 e. The van der Waals surface area contributed by atoms with Crippen molar-refractivity contribution in [3.05, 3.63) is 28.8 Å². The third-order valence-electron chi connectivity index (χ3n) is 2.75. The molecule has 0 saturated heterocycles. The van der Waals surface area contributed by atoms with Gasteiger partial charge in [0.15, 0.2) is 0 Å². The van der Waals surface area contributed by atoms with Crippen LogP contribution in [-0.2, 0) is 11.8 Å². The number of aromatic hydroxyl groups is 1. The molecule has 0 radical (unpaired) electrons. The summed E-state index contributed by atoms with van der Waals surface area (Å²) in [4.78, 5) is 0. The van der Waals surface area contributed by atoms with Crippen LogP contribution in [0.5, 0.6) is 5.75 Å². The predicted octanol–water partition coefficient (Wildman–Crippen LogP) is 3.95. The largest absolute Gasteiger partial charge is 0.508 e. The molecule has 0 fully saturated rings. The van der Waals surface area contributed by atoms with Crippen LogP contribution >= 0.6 is 0 Å². The van der Waals surface area contributed by atoms with Crippen molar-refractivity contribution in [2.24, 2.45) is 0 Å². The Kier molecular flexibility index (Phi) is 3.43. The molecule has 0 amide bonds. The lowest BCUT2D eigenvalue weighted by molar-refractivity contribution is 0.463. The van der Waals surface area contributed by atoms with Gasteiger partial charge in [0.2, 0.25) is 0 Å². The van der Waals surface area contributed by atoms with Crippen LogP contribution in [0.2, 0.25) is 0 Å². The zero-order chi connectivity index (χ0) is 11.6. The molecule has 15 heavy (non-hydrogen) atoms. The molecule has 1 heteroatoms. The number of phenols is 1. The lowest BCUT2D eigenvalue weighted by atomic mass is 9.83. The number of benzene rings is 1. The molecule has 0 bridgehead atoms. The average molecular weight is 206 g/mol. The maximum atomic E-state index is 9.91. The van der Waals surface area contributed by atoms with Gasteiger partial charge in [-0.15, -0.1) is 0 Å². The van der Waals surface area contributed by atoms with Gasteiger partial charge >= 0.3 is 0 Å². The van der Waals surface area contributed by atoms with Crippen molar-refractivity contribution in [1.29, 1.82) is 0 Å². The van der Waals surface area contributed by atoms with Crippen molar-refractivity contribution in [2.45, 2.75) is 52.9 Å². The first-order chi connectivity index (χ1) is 6.86. The first-order valence-corrected chi connectivity index (χ1v) is 5.69. The molecule has 0 heterocycles. The molecule has 1 N–H and O–H groups in total. The van der Waals surface area contributed by atoms with E-state index in [9.17, 15) is 5.11 Å². The molecule has 0 saturated carbocycles. The standard InChI is InChI=1S/C14H22O/c1-6-7-11-8-10(2)12(9-13(11)15)14(3,4)5/h8-9,15H,6-7H2,1-5H3. The smallest absolute Gasteiger partial charge is 0.119 e. The third kappa shape index (κ3) is 2.74. The van der Waals surface area contributed by atoms with Crippen molar-refractivity contribution in [2.75, 3.05) is 0 Å². The van der Waals surface area contributed by atoms with Gasteiger partial charge in [-0.1, -0.05) is 40.2 Å². The van der Waals surface area contributed by atoms with Gasteiger partial charge < -0.3 is 5.11 Å². The fourth-order valence-corrected chi connectivity index (χ4v) is 2.03. The van der Waals surface area contributed by atoms with Crippen LogP contribution < -0.4 is 0 Å². The third-order valence-corrected chi connectivity index (χ3v) is 2.75. The number of hydrogen-bond acceptors (Lipinski definition) is 1. The van der Waals surface area contributed by atoms with Gasteiger partial charge in [-0.3, -0.25) is 0 Å². The van der Waals surface area contributed by atoms with E-state index in [1.807, 2.05) is 6.07 Å². The van der Waals surface area contributed by atoms with Crippen molar-refractivity contribution >= 4 is 0 Å². The Morgan fingerprint density at radius 1 is 1.20 bits per heavy atom. The molecule has 0 aliphatic carbocycles. The van der Waals surface area contributed by atoms with Crippen molar-refractivity contribution in [1.82, 2.24) is 0 Å². The van der Waals surface area contributed by atoms with E-state index in [-0.39, 0.29) is 5.41 Å². The van der Waals surface area contributed by atoms with Crippen LogP contribution in [0.15, 0.2) is 12.1 Å². The Morgan fingerprint density at radius 3 is 2.27 bits per heavy atom. The zero-order valence-electron chi connectivity index (χ0n) is 10.5. The Bertz CT molecular complexity index is 345. The first-order valence-electron chi connectivity index (χ1n) is 5.69. The van der Waals surface area contributed by atoms with Gasteiger partial charge in [0.05, 0.1) is 0 Å². The zero-order valence-corrected chi connectivity index (χ0v) is 10.5. The summed E-state index contributed by atoms with van der Waals surface area (Å²) in [5.74, 6) is 0.451. The lowest BCUT2D eigenvalue weighted by Gasteiger charge is -2.23. The Labute approximate surface area is 93.1 Å². The summed E-state index contributed by atoms with van der Waals surface area (Å²) in [5.41, 5.74) is 3.69.